The Balaban J connectivity index is 2.12. The molecule has 1 unspecified atom stereocenters. The van der Waals surface area contributed by atoms with Crippen LogP contribution in [0.5, 0.6) is 0 Å². The van der Waals surface area contributed by atoms with Crippen LogP contribution >= 0.6 is 0 Å². The van der Waals surface area contributed by atoms with Gasteiger partial charge in [-0.15, -0.1) is 0 Å². The van der Waals surface area contributed by atoms with Gasteiger partial charge in [-0.3, -0.25) is 14.5 Å². The molecule has 1 atom stereocenters. The van der Waals surface area contributed by atoms with Crippen LogP contribution in [0.2, 0.25) is 0 Å². The molecule has 0 radical (unpaired) electrons. The highest BCUT2D eigenvalue weighted by Crippen LogP contribution is 2.35. The highest BCUT2D eigenvalue weighted by atomic mass is 32.2. The molecule has 1 aliphatic rings. The maximum atomic E-state index is 12.6. The molecule has 120 valence electrons. The molecular formula is C15H14N2O5S. The van der Waals surface area contributed by atoms with Crippen LogP contribution in [0.1, 0.15) is 17.5 Å². The first-order chi connectivity index (χ1) is 10.8. The van der Waals surface area contributed by atoms with Gasteiger partial charge in [0.15, 0.2) is 15.6 Å². The number of nitrogens with zero attached hydrogens (tertiary/aromatic N) is 1. The first-order valence-corrected chi connectivity index (χ1v) is 8.70. The molecule has 1 N–H and O–H groups in total. The molecule has 0 aliphatic carbocycles. The van der Waals surface area contributed by atoms with Crippen LogP contribution in [0.4, 0.5) is 11.4 Å². The van der Waals surface area contributed by atoms with Crippen molar-refractivity contribution in [2.45, 2.75) is 17.9 Å². The van der Waals surface area contributed by atoms with E-state index >= 15 is 0 Å². The van der Waals surface area contributed by atoms with Crippen LogP contribution in [0.15, 0.2) is 45.9 Å². The Hall–Kier alpha value is -2.61. The van der Waals surface area contributed by atoms with E-state index in [1.54, 1.807) is 13.0 Å². The van der Waals surface area contributed by atoms with Gasteiger partial charge in [0.2, 0.25) is 5.91 Å². The van der Waals surface area contributed by atoms with E-state index in [1.807, 2.05) is 0 Å². The van der Waals surface area contributed by atoms with Gasteiger partial charge in [-0.2, -0.15) is 0 Å². The number of hydrogen-bond donors (Lipinski definition) is 1. The summed E-state index contributed by atoms with van der Waals surface area (Å²) in [5, 5.41) is 2.62. The minimum atomic E-state index is -3.42. The Kier molecular flexibility index (Phi) is 3.48. The van der Waals surface area contributed by atoms with Gasteiger partial charge >= 0.3 is 0 Å². The van der Waals surface area contributed by atoms with Gasteiger partial charge in [0, 0.05) is 6.26 Å². The van der Waals surface area contributed by atoms with E-state index in [0.717, 1.165) is 6.26 Å². The number of anilines is 2. The number of amides is 2. The second-order valence-corrected chi connectivity index (χ2v) is 7.28. The fourth-order valence-corrected chi connectivity index (χ4v) is 3.07. The smallest absolute Gasteiger partial charge is 0.294 e. The quantitative estimate of drug-likeness (QED) is 0.901. The number of carbonyl (C=O) groups is 2. The number of fused-ring (bicyclic) bond motifs is 1. The lowest BCUT2D eigenvalue weighted by Crippen LogP contribution is -2.49. The zero-order valence-corrected chi connectivity index (χ0v) is 13.3. The van der Waals surface area contributed by atoms with Crippen molar-refractivity contribution in [1.29, 1.82) is 0 Å². The topological polar surface area (TPSA) is 96.7 Å². The summed E-state index contributed by atoms with van der Waals surface area (Å²) in [5.41, 5.74) is 0.696. The molecule has 2 aromatic rings. The fraction of sp³-hybridized carbons (Fsp3) is 0.200. The molecule has 7 nitrogen and oxygen atoms in total. The summed E-state index contributed by atoms with van der Waals surface area (Å²) in [4.78, 5) is 26.1. The van der Waals surface area contributed by atoms with Gasteiger partial charge in [-0.05, 0) is 37.3 Å². The van der Waals surface area contributed by atoms with Gasteiger partial charge in [-0.1, -0.05) is 0 Å². The minimum absolute atomic E-state index is 0.0662. The van der Waals surface area contributed by atoms with Gasteiger partial charge in [0.05, 0.1) is 22.5 Å². The summed E-state index contributed by atoms with van der Waals surface area (Å²) in [7, 11) is -3.42. The minimum Gasteiger partial charge on any atom is -0.459 e. The Morgan fingerprint density at radius 2 is 2.04 bits per heavy atom. The van der Waals surface area contributed by atoms with Crippen LogP contribution in [0, 0.1) is 0 Å². The van der Waals surface area contributed by atoms with Crippen molar-refractivity contribution in [3.05, 3.63) is 42.4 Å². The number of rotatable bonds is 2. The molecule has 0 spiro atoms. The van der Waals surface area contributed by atoms with E-state index in [4.69, 9.17) is 4.42 Å². The van der Waals surface area contributed by atoms with E-state index < -0.39 is 27.7 Å². The molecule has 0 saturated heterocycles. The second kappa shape index (κ2) is 5.24. The molecule has 0 saturated carbocycles. The third kappa shape index (κ3) is 2.61. The highest BCUT2D eigenvalue weighted by molar-refractivity contribution is 7.90. The number of benzene rings is 1. The molecule has 0 fully saturated rings. The van der Waals surface area contributed by atoms with Crippen LogP contribution in [0.25, 0.3) is 0 Å². The first-order valence-electron chi connectivity index (χ1n) is 6.81. The molecule has 2 amide bonds. The Morgan fingerprint density at radius 1 is 1.30 bits per heavy atom. The molecule has 1 aromatic carbocycles. The molecule has 8 heteroatoms. The largest absolute Gasteiger partial charge is 0.459 e. The fourth-order valence-electron chi connectivity index (χ4n) is 2.42. The Bertz CT molecular complexity index is 887. The normalized spacial score (nSPS) is 17.6. The lowest BCUT2D eigenvalue weighted by molar-refractivity contribution is -0.117. The van der Waals surface area contributed by atoms with Crippen molar-refractivity contribution in [3.8, 4) is 0 Å². The lowest BCUT2D eigenvalue weighted by atomic mass is 10.1. The summed E-state index contributed by atoms with van der Waals surface area (Å²) in [5.74, 6) is -0.765. The van der Waals surface area contributed by atoms with Crippen molar-refractivity contribution in [2.75, 3.05) is 16.5 Å². The van der Waals surface area contributed by atoms with Gasteiger partial charge in [-0.25, -0.2) is 8.42 Å². The third-order valence-corrected chi connectivity index (χ3v) is 4.74. The predicted octanol–water partition coefficient (Wildman–Crippen LogP) is 1.67. The summed E-state index contributed by atoms with van der Waals surface area (Å²) in [6, 6.07) is 6.59. The van der Waals surface area contributed by atoms with Gasteiger partial charge in [0.25, 0.3) is 5.91 Å². The van der Waals surface area contributed by atoms with E-state index in [9.17, 15) is 18.0 Å². The van der Waals surface area contributed by atoms with Crippen molar-refractivity contribution < 1.29 is 22.4 Å². The Morgan fingerprint density at radius 3 is 2.65 bits per heavy atom. The molecule has 1 aliphatic heterocycles. The van der Waals surface area contributed by atoms with Crippen molar-refractivity contribution >= 4 is 33.0 Å². The van der Waals surface area contributed by atoms with Crippen LogP contribution in [-0.4, -0.2) is 32.5 Å². The third-order valence-electron chi connectivity index (χ3n) is 3.63. The molecular weight excluding hydrogens is 320 g/mol. The average Bonchev–Trinajstić information content (AvgIpc) is 3.01. The maximum absolute atomic E-state index is 12.6. The standard InChI is InChI=1S/C15H14N2O5S/c1-9-14(18)16-11-8-10(23(2,20)21)5-6-12(11)17(9)15(19)13-4-3-7-22-13/h3-9H,1-2H3,(H,16,18). The average molecular weight is 334 g/mol. The molecule has 1 aromatic heterocycles. The zero-order chi connectivity index (χ0) is 16.8. The van der Waals surface area contributed by atoms with E-state index in [2.05, 4.69) is 5.32 Å². The number of nitrogens with one attached hydrogen (secondary N) is 1. The zero-order valence-electron chi connectivity index (χ0n) is 12.4. The van der Waals surface area contributed by atoms with Crippen molar-refractivity contribution in [3.63, 3.8) is 0 Å². The van der Waals surface area contributed by atoms with Crippen molar-refractivity contribution in [1.82, 2.24) is 0 Å². The summed E-state index contributed by atoms with van der Waals surface area (Å²) in [6.07, 6.45) is 2.45. The lowest BCUT2D eigenvalue weighted by Gasteiger charge is -2.34. The van der Waals surface area contributed by atoms with Crippen LogP contribution in [-0.2, 0) is 14.6 Å². The number of carbonyl (C=O) groups excluding carboxylic acids is 2. The van der Waals surface area contributed by atoms with Gasteiger partial charge < -0.3 is 9.73 Å². The summed E-state index contributed by atoms with van der Waals surface area (Å²) >= 11 is 0. The Labute approximate surface area is 132 Å². The SMILES string of the molecule is CC1C(=O)Nc2cc(S(C)(=O)=O)ccc2N1C(=O)c1ccco1. The van der Waals surface area contributed by atoms with E-state index in [1.165, 1.54) is 35.4 Å². The predicted molar refractivity (Wildman–Crippen MR) is 83.2 cm³/mol. The van der Waals surface area contributed by atoms with E-state index in [-0.39, 0.29) is 16.3 Å². The number of sulfone groups is 1. The molecule has 3 rings (SSSR count). The molecule has 2 heterocycles. The summed E-state index contributed by atoms with van der Waals surface area (Å²) in [6.45, 7) is 1.59. The first kappa shape index (κ1) is 15.3. The monoisotopic (exact) mass is 334 g/mol. The van der Waals surface area contributed by atoms with Gasteiger partial charge in [0.1, 0.15) is 6.04 Å². The highest BCUT2D eigenvalue weighted by Gasteiger charge is 2.35. The maximum Gasteiger partial charge on any atom is 0.294 e. The number of furan rings is 1. The summed E-state index contributed by atoms with van der Waals surface area (Å²) < 4.78 is 28.4. The van der Waals surface area contributed by atoms with Crippen molar-refractivity contribution in [2.24, 2.45) is 0 Å². The molecule has 0 bridgehead atoms. The van der Waals surface area contributed by atoms with Crippen LogP contribution in [0.3, 0.4) is 0 Å². The van der Waals surface area contributed by atoms with E-state index in [0.29, 0.717) is 5.69 Å². The van der Waals surface area contributed by atoms with Crippen LogP contribution < -0.4 is 10.2 Å². The number of hydrogen-bond acceptors (Lipinski definition) is 5. The molecule has 23 heavy (non-hydrogen) atoms. The second-order valence-electron chi connectivity index (χ2n) is 5.27.